The highest BCUT2D eigenvalue weighted by Crippen LogP contribution is 2.28. The van der Waals surface area contributed by atoms with Gasteiger partial charge in [-0.2, -0.15) is 0 Å². The first kappa shape index (κ1) is 21.4. The zero-order valence-electron chi connectivity index (χ0n) is 18.3. The first-order chi connectivity index (χ1) is 14.0. The molecule has 1 atom stereocenters. The number of aryl methyl sites for hydroxylation is 2. The molecular weight excluding hydrogens is 366 g/mol. The lowest BCUT2D eigenvalue weighted by molar-refractivity contribution is -0.137. The SMILES string of the molecule is CCN(CC)C(=O)[C@@H]1CCCN(Cc2nc(-c3ccc(OC)c(C)c3)oc2C)C1. The Kier molecular flexibility index (Phi) is 6.96. The molecule has 1 aromatic carbocycles. The highest BCUT2D eigenvalue weighted by molar-refractivity contribution is 5.79. The van der Waals surface area contributed by atoms with Gasteiger partial charge in [-0.1, -0.05) is 0 Å². The number of ether oxygens (including phenoxy) is 1. The number of benzene rings is 1. The molecule has 0 bridgehead atoms. The molecule has 1 fully saturated rings. The maximum atomic E-state index is 12.8. The number of methoxy groups -OCH3 is 1. The summed E-state index contributed by atoms with van der Waals surface area (Å²) < 4.78 is 11.3. The normalized spacial score (nSPS) is 17.3. The molecule has 0 saturated carbocycles. The molecule has 0 N–H and O–H groups in total. The molecule has 2 heterocycles. The van der Waals surface area contributed by atoms with E-state index in [1.54, 1.807) is 7.11 Å². The molecule has 158 valence electrons. The van der Waals surface area contributed by atoms with Crippen LogP contribution in [0.4, 0.5) is 0 Å². The Morgan fingerprint density at radius 1 is 1.31 bits per heavy atom. The third kappa shape index (κ3) is 4.81. The van der Waals surface area contributed by atoms with E-state index >= 15 is 0 Å². The third-order valence-electron chi connectivity index (χ3n) is 5.84. The van der Waals surface area contributed by atoms with Crippen molar-refractivity contribution in [2.24, 2.45) is 5.92 Å². The van der Waals surface area contributed by atoms with E-state index in [-0.39, 0.29) is 11.8 Å². The van der Waals surface area contributed by atoms with E-state index < -0.39 is 0 Å². The average Bonchev–Trinajstić information content (AvgIpc) is 3.09. The van der Waals surface area contributed by atoms with Gasteiger partial charge >= 0.3 is 0 Å². The van der Waals surface area contributed by atoms with Crippen LogP contribution in [0.3, 0.4) is 0 Å². The summed E-state index contributed by atoms with van der Waals surface area (Å²) in [4.78, 5) is 21.8. The fourth-order valence-corrected chi connectivity index (χ4v) is 4.12. The van der Waals surface area contributed by atoms with Crippen LogP contribution in [0, 0.1) is 19.8 Å². The van der Waals surface area contributed by atoms with Gasteiger partial charge in [0.25, 0.3) is 0 Å². The summed E-state index contributed by atoms with van der Waals surface area (Å²) in [6, 6.07) is 5.95. The zero-order valence-corrected chi connectivity index (χ0v) is 18.3. The summed E-state index contributed by atoms with van der Waals surface area (Å²) in [6.07, 6.45) is 2.01. The highest BCUT2D eigenvalue weighted by atomic mass is 16.5. The van der Waals surface area contributed by atoms with Crippen molar-refractivity contribution >= 4 is 5.91 Å². The predicted octanol–water partition coefficient (Wildman–Crippen LogP) is 4.05. The fourth-order valence-electron chi connectivity index (χ4n) is 4.12. The molecule has 0 radical (unpaired) electrons. The molecule has 2 aromatic rings. The Hall–Kier alpha value is -2.34. The summed E-state index contributed by atoms with van der Waals surface area (Å²) in [5.41, 5.74) is 2.95. The number of piperidine rings is 1. The Labute approximate surface area is 173 Å². The number of nitrogens with zero attached hydrogens (tertiary/aromatic N) is 3. The third-order valence-corrected chi connectivity index (χ3v) is 5.84. The summed E-state index contributed by atoms with van der Waals surface area (Å²) in [7, 11) is 1.67. The van der Waals surface area contributed by atoms with Gasteiger partial charge in [0.15, 0.2) is 0 Å². The lowest BCUT2D eigenvalue weighted by atomic mass is 9.96. The van der Waals surface area contributed by atoms with E-state index in [1.165, 1.54) is 0 Å². The van der Waals surface area contributed by atoms with Crippen molar-refractivity contribution in [2.75, 3.05) is 33.3 Å². The van der Waals surface area contributed by atoms with Crippen molar-refractivity contribution < 1.29 is 13.9 Å². The van der Waals surface area contributed by atoms with Crippen LogP contribution in [0.2, 0.25) is 0 Å². The maximum absolute atomic E-state index is 12.8. The summed E-state index contributed by atoms with van der Waals surface area (Å²) in [5.74, 6) is 2.70. The molecule has 6 heteroatoms. The van der Waals surface area contributed by atoms with Crippen LogP contribution >= 0.6 is 0 Å². The van der Waals surface area contributed by atoms with Gasteiger partial charge in [-0.25, -0.2) is 4.98 Å². The number of aromatic nitrogens is 1. The molecule has 0 spiro atoms. The standard InChI is InChI=1S/C23H33N3O3/c1-6-26(7-2)23(27)19-9-8-12-25(14-19)15-20-17(4)29-22(24-20)18-10-11-21(28-5)16(3)13-18/h10-11,13,19H,6-9,12,14-15H2,1-5H3/t19-/m1/s1. The molecule has 0 unspecified atom stereocenters. The van der Waals surface area contributed by atoms with Crippen molar-refractivity contribution in [3.05, 3.63) is 35.2 Å². The van der Waals surface area contributed by atoms with E-state index in [4.69, 9.17) is 14.1 Å². The van der Waals surface area contributed by atoms with E-state index in [1.807, 2.05) is 50.8 Å². The summed E-state index contributed by atoms with van der Waals surface area (Å²) >= 11 is 0. The van der Waals surface area contributed by atoms with E-state index in [0.29, 0.717) is 12.4 Å². The first-order valence-electron chi connectivity index (χ1n) is 10.6. The second-order valence-corrected chi connectivity index (χ2v) is 7.79. The van der Waals surface area contributed by atoms with Crippen LogP contribution in [-0.2, 0) is 11.3 Å². The fraction of sp³-hybridized carbons (Fsp3) is 0.565. The summed E-state index contributed by atoms with van der Waals surface area (Å²) in [5, 5.41) is 0. The van der Waals surface area contributed by atoms with Crippen LogP contribution < -0.4 is 4.74 Å². The minimum absolute atomic E-state index is 0.0829. The Balaban J connectivity index is 1.71. The van der Waals surface area contributed by atoms with E-state index in [0.717, 1.165) is 67.4 Å². The van der Waals surface area contributed by atoms with Crippen molar-refractivity contribution in [1.29, 1.82) is 0 Å². The molecule has 1 aliphatic heterocycles. The molecule has 6 nitrogen and oxygen atoms in total. The van der Waals surface area contributed by atoms with Gasteiger partial charge in [0.05, 0.1) is 18.7 Å². The molecule has 1 saturated heterocycles. The number of amides is 1. The Bertz CT molecular complexity index is 842. The smallest absolute Gasteiger partial charge is 0.226 e. The van der Waals surface area contributed by atoms with Crippen LogP contribution in [0.5, 0.6) is 5.75 Å². The number of oxazole rings is 1. The highest BCUT2D eigenvalue weighted by Gasteiger charge is 2.29. The van der Waals surface area contributed by atoms with Gasteiger partial charge in [0, 0.05) is 31.7 Å². The first-order valence-corrected chi connectivity index (χ1v) is 10.6. The monoisotopic (exact) mass is 399 g/mol. The maximum Gasteiger partial charge on any atom is 0.226 e. The number of rotatable bonds is 7. The van der Waals surface area contributed by atoms with Gasteiger partial charge < -0.3 is 14.1 Å². The average molecular weight is 400 g/mol. The number of carbonyl (C=O) groups is 1. The second kappa shape index (κ2) is 9.44. The van der Waals surface area contributed by atoms with Crippen molar-refractivity contribution in [2.45, 2.75) is 47.1 Å². The van der Waals surface area contributed by atoms with Gasteiger partial charge in [0.2, 0.25) is 11.8 Å². The van der Waals surface area contributed by atoms with Crippen molar-refractivity contribution in [3.63, 3.8) is 0 Å². The molecule has 3 rings (SSSR count). The number of hydrogen-bond acceptors (Lipinski definition) is 5. The molecule has 1 amide bonds. The zero-order chi connectivity index (χ0) is 21.0. The quantitative estimate of drug-likeness (QED) is 0.703. The van der Waals surface area contributed by atoms with Crippen LogP contribution in [0.1, 0.15) is 43.7 Å². The largest absolute Gasteiger partial charge is 0.496 e. The molecule has 29 heavy (non-hydrogen) atoms. The number of carbonyl (C=O) groups excluding carboxylic acids is 1. The van der Waals surface area contributed by atoms with Crippen LogP contribution in [0.25, 0.3) is 11.5 Å². The number of hydrogen-bond donors (Lipinski definition) is 0. The lowest BCUT2D eigenvalue weighted by Crippen LogP contribution is -2.44. The van der Waals surface area contributed by atoms with Crippen LogP contribution in [-0.4, -0.2) is 54.0 Å². The van der Waals surface area contributed by atoms with Crippen molar-refractivity contribution in [3.8, 4) is 17.2 Å². The predicted molar refractivity (Wildman–Crippen MR) is 114 cm³/mol. The number of likely N-dealkylation sites (tertiary alicyclic amines) is 1. The van der Waals surface area contributed by atoms with Gasteiger partial charge in [-0.15, -0.1) is 0 Å². The topological polar surface area (TPSA) is 58.8 Å². The Morgan fingerprint density at radius 2 is 2.07 bits per heavy atom. The molecule has 1 aromatic heterocycles. The summed E-state index contributed by atoms with van der Waals surface area (Å²) in [6.45, 7) is 12.1. The molecule has 1 aliphatic rings. The minimum Gasteiger partial charge on any atom is -0.496 e. The molecular formula is C23H33N3O3. The van der Waals surface area contributed by atoms with Crippen LogP contribution in [0.15, 0.2) is 22.6 Å². The van der Waals surface area contributed by atoms with Gasteiger partial charge in [-0.3, -0.25) is 9.69 Å². The van der Waals surface area contributed by atoms with Gasteiger partial charge in [0.1, 0.15) is 11.5 Å². The second-order valence-electron chi connectivity index (χ2n) is 7.79. The lowest BCUT2D eigenvalue weighted by Gasteiger charge is -2.34. The Morgan fingerprint density at radius 3 is 2.72 bits per heavy atom. The van der Waals surface area contributed by atoms with E-state index in [9.17, 15) is 4.79 Å². The minimum atomic E-state index is 0.0829. The molecule has 0 aliphatic carbocycles. The van der Waals surface area contributed by atoms with E-state index in [2.05, 4.69) is 4.90 Å². The van der Waals surface area contributed by atoms with Gasteiger partial charge in [-0.05, 0) is 70.8 Å². The van der Waals surface area contributed by atoms with Crippen molar-refractivity contribution in [1.82, 2.24) is 14.8 Å².